The summed E-state index contributed by atoms with van der Waals surface area (Å²) >= 11 is 6.77. The van der Waals surface area contributed by atoms with Crippen molar-refractivity contribution in [3.8, 4) is 0 Å². The Bertz CT molecular complexity index is 487. The zero-order valence-corrected chi connectivity index (χ0v) is 17.2. The fraction of sp³-hybridized carbons (Fsp3) is 0.462. The normalized spacial score (nSPS) is 19.3. The van der Waals surface area contributed by atoms with Crippen molar-refractivity contribution >= 4 is 79.4 Å². The highest BCUT2D eigenvalue weighted by molar-refractivity contribution is 14.1. The molecule has 1 unspecified atom stereocenters. The summed E-state index contributed by atoms with van der Waals surface area (Å²) in [5, 5.41) is 12.1. The van der Waals surface area contributed by atoms with E-state index in [4.69, 9.17) is 5.11 Å². The number of nitrogens with zero attached hydrogens (tertiary/aromatic N) is 1. The number of aliphatic hydroxyl groups is 1. The van der Waals surface area contributed by atoms with Crippen molar-refractivity contribution in [2.75, 3.05) is 31.6 Å². The number of hydrogen-bond acceptors (Lipinski definition) is 3. The molecule has 1 atom stereocenters. The van der Waals surface area contributed by atoms with Crippen molar-refractivity contribution in [3.05, 3.63) is 22.8 Å². The van der Waals surface area contributed by atoms with Gasteiger partial charge in [0, 0.05) is 23.9 Å². The molecule has 7 heteroatoms. The van der Waals surface area contributed by atoms with E-state index in [-0.39, 0.29) is 12.5 Å². The van der Waals surface area contributed by atoms with Crippen LogP contribution in [0.2, 0.25) is 0 Å². The van der Waals surface area contributed by atoms with Gasteiger partial charge in [-0.05, 0) is 98.8 Å². The van der Waals surface area contributed by atoms with Crippen LogP contribution in [0.25, 0.3) is 0 Å². The van der Waals surface area contributed by atoms with E-state index in [0.29, 0.717) is 12.5 Å². The molecule has 0 bridgehead atoms. The SMILES string of the molecule is O=C(CN1CCC(CO)C1)Nc1c(I)cc(I)cc1I. The average molecular weight is 612 g/mol. The van der Waals surface area contributed by atoms with Crippen molar-refractivity contribution in [2.45, 2.75) is 6.42 Å². The van der Waals surface area contributed by atoms with Crippen LogP contribution in [0.15, 0.2) is 12.1 Å². The molecule has 0 radical (unpaired) electrons. The summed E-state index contributed by atoms with van der Waals surface area (Å²) < 4.78 is 3.28. The highest BCUT2D eigenvalue weighted by atomic mass is 127. The molecule has 0 spiro atoms. The van der Waals surface area contributed by atoms with Crippen molar-refractivity contribution in [1.29, 1.82) is 0 Å². The summed E-state index contributed by atoms with van der Waals surface area (Å²) in [6.45, 7) is 2.31. The maximum absolute atomic E-state index is 12.1. The van der Waals surface area contributed by atoms with Gasteiger partial charge in [-0.3, -0.25) is 9.69 Å². The third-order valence-electron chi connectivity index (χ3n) is 3.27. The van der Waals surface area contributed by atoms with Gasteiger partial charge in [0.15, 0.2) is 0 Å². The largest absolute Gasteiger partial charge is 0.396 e. The van der Waals surface area contributed by atoms with Crippen LogP contribution in [0.4, 0.5) is 5.69 Å². The number of aliphatic hydroxyl groups excluding tert-OH is 1. The number of rotatable bonds is 4. The van der Waals surface area contributed by atoms with E-state index in [9.17, 15) is 4.79 Å². The Labute approximate surface area is 159 Å². The quantitative estimate of drug-likeness (QED) is 0.515. The first-order valence-corrected chi connectivity index (χ1v) is 9.51. The topological polar surface area (TPSA) is 52.6 Å². The maximum Gasteiger partial charge on any atom is 0.238 e. The Balaban J connectivity index is 1.95. The van der Waals surface area contributed by atoms with E-state index in [1.807, 2.05) is 0 Å². The molecule has 1 aromatic rings. The predicted octanol–water partition coefficient (Wildman–Crippen LogP) is 2.75. The van der Waals surface area contributed by atoms with E-state index < -0.39 is 0 Å². The van der Waals surface area contributed by atoms with Crippen LogP contribution in [0.3, 0.4) is 0 Å². The zero-order chi connectivity index (χ0) is 14.7. The average Bonchev–Trinajstić information content (AvgIpc) is 2.81. The molecule has 2 rings (SSSR count). The maximum atomic E-state index is 12.1. The standard InChI is InChI=1S/C13H15I3N2O2/c14-9-3-10(15)13(11(16)4-9)17-12(20)6-18-2-1-8(5-18)7-19/h3-4,8,19H,1-2,5-7H2,(H,17,20). The van der Waals surface area contributed by atoms with Crippen LogP contribution < -0.4 is 5.32 Å². The summed E-state index contributed by atoms with van der Waals surface area (Å²) in [4.78, 5) is 14.2. The second-order valence-electron chi connectivity index (χ2n) is 4.87. The lowest BCUT2D eigenvalue weighted by atomic mass is 10.1. The van der Waals surface area contributed by atoms with Crippen molar-refractivity contribution in [2.24, 2.45) is 5.92 Å². The molecule has 4 nitrogen and oxygen atoms in total. The van der Waals surface area contributed by atoms with Gasteiger partial charge in [-0.15, -0.1) is 0 Å². The fourth-order valence-electron chi connectivity index (χ4n) is 2.25. The lowest BCUT2D eigenvalue weighted by Crippen LogP contribution is -2.32. The summed E-state index contributed by atoms with van der Waals surface area (Å²) in [6, 6.07) is 4.10. The second-order valence-corrected chi connectivity index (χ2v) is 8.44. The molecule has 110 valence electrons. The lowest BCUT2D eigenvalue weighted by Gasteiger charge is -2.16. The number of hydrogen-bond donors (Lipinski definition) is 2. The van der Waals surface area contributed by atoms with Gasteiger partial charge in [0.1, 0.15) is 0 Å². The molecule has 1 heterocycles. The number of halogens is 3. The van der Waals surface area contributed by atoms with E-state index in [2.05, 4.69) is 90.1 Å². The molecule has 0 aromatic heterocycles. The molecule has 1 amide bonds. The summed E-state index contributed by atoms with van der Waals surface area (Å²) in [5.41, 5.74) is 0.898. The Hall–Kier alpha value is 0.800. The number of carbonyl (C=O) groups is 1. The zero-order valence-electron chi connectivity index (χ0n) is 10.7. The molecule has 20 heavy (non-hydrogen) atoms. The Morgan fingerprint density at radius 3 is 2.55 bits per heavy atom. The Morgan fingerprint density at radius 2 is 2.00 bits per heavy atom. The molecule has 0 saturated carbocycles. The molecule has 2 N–H and O–H groups in total. The minimum Gasteiger partial charge on any atom is -0.396 e. The van der Waals surface area contributed by atoms with E-state index in [1.165, 1.54) is 3.57 Å². The number of carbonyl (C=O) groups excluding carboxylic acids is 1. The van der Waals surface area contributed by atoms with Crippen LogP contribution in [-0.4, -0.2) is 42.2 Å². The van der Waals surface area contributed by atoms with Crippen molar-refractivity contribution < 1.29 is 9.90 Å². The lowest BCUT2D eigenvalue weighted by molar-refractivity contribution is -0.117. The summed E-state index contributed by atoms with van der Waals surface area (Å²) in [7, 11) is 0. The summed E-state index contributed by atoms with van der Waals surface area (Å²) in [5.74, 6) is 0.335. The second kappa shape index (κ2) is 7.88. The van der Waals surface area contributed by atoms with Crippen LogP contribution in [0.5, 0.6) is 0 Å². The molecular formula is C13H15I3N2O2. The highest BCUT2D eigenvalue weighted by Crippen LogP contribution is 2.27. The van der Waals surface area contributed by atoms with Gasteiger partial charge in [-0.2, -0.15) is 0 Å². The number of anilines is 1. The van der Waals surface area contributed by atoms with Crippen LogP contribution in [0.1, 0.15) is 6.42 Å². The Morgan fingerprint density at radius 1 is 1.35 bits per heavy atom. The van der Waals surface area contributed by atoms with Gasteiger partial charge in [0.2, 0.25) is 5.91 Å². The number of benzene rings is 1. The molecule has 0 aliphatic carbocycles. The highest BCUT2D eigenvalue weighted by Gasteiger charge is 2.23. The fourth-order valence-corrected chi connectivity index (χ4v) is 6.10. The van der Waals surface area contributed by atoms with Crippen LogP contribution in [0, 0.1) is 16.6 Å². The monoisotopic (exact) mass is 612 g/mol. The minimum atomic E-state index is 0.0145. The van der Waals surface area contributed by atoms with Gasteiger partial charge in [0.05, 0.1) is 12.2 Å². The van der Waals surface area contributed by atoms with Crippen molar-refractivity contribution in [3.63, 3.8) is 0 Å². The van der Waals surface area contributed by atoms with E-state index in [0.717, 1.165) is 32.3 Å². The van der Waals surface area contributed by atoms with Crippen molar-refractivity contribution in [1.82, 2.24) is 4.90 Å². The Kier molecular flexibility index (Phi) is 6.76. The van der Waals surface area contributed by atoms with Gasteiger partial charge in [0.25, 0.3) is 0 Å². The van der Waals surface area contributed by atoms with E-state index >= 15 is 0 Å². The molecule has 1 aromatic carbocycles. The first-order valence-electron chi connectivity index (χ1n) is 6.27. The smallest absolute Gasteiger partial charge is 0.238 e. The van der Waals surface area contributed by atoms with Gasteiger partial charge in [-0.25, -0.2) is 0 Å². The molecule has 1 fully saturated rings. The first-order chi connectivity index (χ1) is 9.49. The molecular weight excluding hydrogens is 597 g/mol. The number of likely N-dealkylation sites (tertiary alicyclic amines) is 1. The third-order valence-corrected chi connectivity index (χ3v) is 5.59. The van der Waals surface area contributed by atoms with E-state index in [1.54, 1.807) is 0 Å². The van der Waals surface area contributed by atoms with Crippen LogP contribution in [-0.2, 0) is 4.79 Å². The molecule has 1 aliphatic rings. The van der Waals surface area contributed by atoms with Gasteiger partial charge in [-0.1, -0.05) is 0 Å². The minimum absolute atomic E-state index is 0.0145. The first kappa shape index (κ1) is 17.2. The molecule has 1 saturated heterocycles. The van der Waals surface area contributed by atoms with Gasteiger partial charge >= 0.3 is 0 Å². The van der Waals surface area contributed by atoms with Gasteiger partial charge < -0.3 is 10.4 Å². The summed E-state index contributed by atoms with van der Waals surface area (Å²) in [6.07, 6.45) is 0.975. The number of nitrogens with one attached hydrogen (secondary N) is 1. The molecule has 1 aliphatic heterocycles. The predicted molar refractivity (Wildman–Crippen MR) is 105 cm³/mol. The van der Waals surface area contributed by atoms with Crippen LogP contribution >= 0.6 is 67.8 Å². The third kappa shape index (κ3) is 4.65. The number of amides is 1.